The van der Waals surface area contributed by atoms with Gasteiger partial charge in [-0.1, -0.05) is 23.7 Å². The van der Waals surface area contributed by atoms with Gasteiger partial charge < -0.3 is 4.74 Å². The molecule has 0 spiro atoms. The molecule has 31 heavy (non-hydrogen) atoms. The fourth-order valence-corrected chi connectivity index (χ4v) is 3.31. The van der Waals surface area contributed by atoms with Gasteiger partial charge >= 0.3 is 5.97 Å². The SMILES string of the molecule is O=C(OCc1cccc([N+](=O)[O-])c1)c1ccc2c(c1)C(=O)N(c1ccc(Cl)cc1)C2=O. The van der Waals surface area contributed by atoms with E-state index in [0.717, 1.165) is 4.90 Å². The molecule has 1 heterocycles. The highest BCUT2D eigenvalue weighted by Gasteiger charge is 2.37. The number of carbonyl (C=O) groups excluding carboxylic acids is 3. The van der Waals surface area contributed by atoms with Crippen molar-refractivity contribution in [3.8, 4) is 0 Å². The van der Waals surface area contributed by atoms with Crippen molar-refractivity contribution >= 4 is 40.8 Å². The number of imide groups is 1. The van der Waals surface area contributed by atoms with Crippen LogP contribution in [0.4, 0.5) is 11.4 Å². The lowest BCUT2D eigenvalue weighted by molar-refractivity contribution is -0.384. The minimum Gasteiger partial charge on any atom is -0.457 e. The number of anilines is 1. The zero-order valence-corrected chi connectivity index (χ0v) is 16.5. The predicted molar refractivity (Wildman–Crippen MR) is 111 cm³/mol. The van der Waals surface area contributed by atoms with E-state index in [-0.39, 0.29) is 29.0 Å². The normalized spacial score (nSPS) is 12.6. The second kappa shape index (κ2) is 8.00. The first kappa shape index (κ1) is 20.2. The van der Waals surface area contributed by atoms with Crippen LogP contribution in [0.25, 0.3) is 0 Å². The lowest BCUT2D eigenvalue weighted by Crippen LogP contribution is -2.29. The highest BCUT2D eigenvalue weighted by atomic mass is 35.5. The maximum Gasteiger partial charge on any atom is 0.338 e. The second-order valence-electron chi connectivity index (χ2n) is 6.69. The Hall–Kier alpha value is -4.04. The number of rotatable bonds is 5. The minimum absolute atomic E-state index is 0.0864. The summed E-state index contributed by atoms with van der Waals surface area (Å²) in [7, 11) is 0. The third-order valence-corrected chi connectivity index (χ3v) is 4.95. The average Bonchev–Trinajstić information content (AvgIpc) is 3.02. The van der Waals surface area contributed by atoms with Crippen molar-refractivity contribution in [2.24, 2.45) is 0 Å². The number of hydrogen-bond acceptors (Lipinski definition) is 6. The molecule has 0 N–H and O–H groups in total. The number of nitro benzene ring substituents is 1. The van der Waals surface area contributed by atoms with E-state index in [2.05, 4.69) is 0 Å². The van der Waals surface area contributed by atoms with Gasteiger partial charge in [0.05, 0.1) is 27.3 Å². The van der Waals surface area contributed by atoms with Crippen molar-refractivity contribution in [3.05, 3.63) is 104 Å². The van der Waals surface area contributed by atoms with Gasteiger partial charge in [-0.05, 0) is 48.0 Å². The van der Waals surface area contributed by atoms with E-state index in [1.807, 2.05) is 0 Å². The molecule has 0 aliphatic carbocycles. The van der Waals surface area contributed by atoms with Gasteiger partial charge in [0.1, 0.15) is 6.61 Å². The van der Waals surface area contributed by atoms with E-state index in [4.69, 9.17) is 16.3 Å². The van der Waals surface area contributed by atoms with Crippen LogP contribution < -0.4 is 4.90 Å². The molecular weight excluding hydrogens is 424 g/mol. The molecule has 9 heteroatoms. The Morgan fingerprint density at radius 2 is 1.68 bits per heavy atom. The van der Waals surface area contributed by atoms with E-state index >= 15 is 0 Å². The summed E-state index contributed by atoms with van der Waals surface area (Å²) in [5.41, 5.74) is 1.05. The van der Waals surface area contributed by atoms with Gasteiger partial charge in [-0.2, -0.15) is 0 Å². The Labute approximate surface area is 180 Å². The highest BCUT2D eigenvalue weighted by Crippen LogP contribution is 2.30. The number of carbonyl (C=O) groups is 3. The standard InChI is InChI=1S/C22H13ClN2O6/c23-15-5-7-16(8-6-15)24-20(26)18-9-4-14(11-19(18)21(24)27)22(28)31-12-13-2-1-3-17(10-13)25(29)30/h1-11H,12H2. The van der Waals surface area contributed by atoms with E-state index < -0.39 is 22.7 Å². The summed E-state index contributed by atoms with van der Waals surface area (Å²) in [5, 5.41) is 11.3. The van der Waals surface area contributed by atoms with Crippen LogP contribution in [-0.4, -0.2) is 22.7 Å². The van der Waals surface area contributed by atoms with Crippen LogP contribution in [0.1, 0.15) is 36.6 Å². The molecule has 3 aromatic carbocycles. The third-order valence-electron chi connectivity index (χ3n) is 4.70. The number of benzene rings is 3. The topological polar surface area (TPSA) is 107 Å². The Morgan fingerprint density at radius 3 is 2.39 bits per heavy atom. The van der Waals surface area contributed by atoms with Crippen LogP contribution in [0.2, 0.25) is 5.02 Å². The fourth-order valence-electron chi connectivity index (χ4n) is 3.18. The number of nitrogens with zero attached hydrogens (tertiary/aromatic N) is 2. The Bertz CT molecular complexity index is 1240. The first-order valence-electron chi connectivity index (χ1n) is 9.04. The molecule has 0 saturated heterocycles. The number of ether oxygens (including phenoxy) is 1. The fraction of sp³-hybridized carbons (Fsp3) is 0.0455. The lowest BCUT2D eigenvalue weighted by Gasteiger charge is -2.13. The molecule has 0 fully saturated rings. The van der Waals surface area contributed by atoms with Crippen molar-refractivity contribution in [1.29, 1.82) is 0 Å². The maximum absolute atomic E-state index is 12.8. The van der Waals surface area contributed by atoms with Crippen molar-refractivity contribution in [3.63, 3.8) is 0 Å². The summed E-state index contributed by atoms with van der Waals surface area (Å²) in [5.74, 6) is -1.78. The first-order valence-corrected chi connectivity index (χ1v) is 9.42. The van der Waals surface area contributed by atoms with Gasteiger partial charge in [0.15, 0.2) is 0 Å². The highest BCUT2D eigenvalue weighted by molar-refractivity contribution is 6.35. The summed E-state index contributed by atoms with van der Waals surface area (Å²) in [4.78, 5) is 49.2. The maximum atomic E-state index is 12.8. The number of non-ortho nitro benzene ring substituents is 1. The smallest absolute Gasteiger partial charge is 0.338 e. The monoisotopic (exact) mass is 436 g/mol. The molecule has 0 saturated carbocycles. The van der Waals surface area contributed by atoms with Gasteiger partial charge in [0, 0.05) is 17.2 Å². The summed E-state index contributed by atoms with van der Waals surface area (Å²) in [6, 6.07) is 16.1. The molecule has 0 radical (unpaired) electrons. The molecule has 0 bridgehead atoms. The van der Waals surface area contributed by atoms with Gasteiger partial charge in [0.2, 0.25) is 0 Å². The van der Waals surface area contributed by atoms with E-state index in [1.165, 1.54) is 36.4 Å². The Balaban J connectivity index is 1.53. The molecule has 1 aliphatic rings. The summed E-state index contributed by atoms with van der Waals surface area (Å²) in [6.45, 7) is -0.179. The Morgan fingerprint density at radius 1 is 0.968 bits per heavy atom. The predicted octanol–water partition coefficient (Wildman–Crippen LogP) is 4.41. The molecule has 0 aromatic heterocycles. The molecule has 0 unspecified atom stereocenters. The number of nitro groups is 1. The van der Waals surface area contributed by atoms with Crippen LogP contribution in [-0.2, 0) is 11.3 Å². The van der Waals surface area contributed by atoms with Crippen LogP contribution in [0.3, 0.4) is 0 Å². The van der Waals surface area contributed by atoms with E-state index in [9.17, 15) is 24.5 Å². The van der Waals surface area contributed by atoms with Crippen molar-refractivity contribution < 1.29 is 24.0 Å². The third kappa shape index (κ3) is 3.88. The summed E-state index contributed by atoms with van der Waals surface area (Å²) < 4.78 is 5.21. The average molecular weight is 437 g/mol. The van der Waals surface area contributed by atoms with Crippen LogP contribution >= 0.6 is 11.6 Å². The van der Waals surface area contributed by atoms with E-state index in [0.29, 0.717) is 16.3 Å². The molecule has 0 atom stereocenters. The second-order valence-corrected chi connectivity index (χ2v) is 7.12. The molecule has 3 aromatic rings. The van der Waals surface area contributed by atoms with E-state index in [1.54, 1.807) is 30.3 Å². The minimum atomic E-state index is -0.723. The number of amides is 2. The van der Waals surface area contributed by atoms with Crippen LogP contribution in [0, 0.1) is 10.1 Å². The summed E-state index contributed by atoms with van der Waals surface area (Å²) >= 11 is 5.86. The number of esters is 1. The first-order chi connectivity index (χ1) is 14.8. The van der Waals surface area contributed by atoms with Crippen LogP contribution in [0.5, 0.6) is 0 Å². The van der Waals surface area contributed by atoms with Gasteiger partial charge in [0.25, 0.3) is 17.5 Å². The zero-order chi connectivity index (χ0) is 22.1. The molecule has 154 valence electrons. The van der Waals surface area contributed by atoms with Crippen molar-refractivity contribution in [1.82, 2.24) is 0 Å². The molecule has 4 rings (SSSR count). The van der Waals surface area contributed by atoms with Gasteiger partial charge in [-0.15, -0.1) is 0 Å². The summed E-state index contributed by atoms with van der Waals surface area (Å²) in [6.07, 6.45) is 0. The quantitative estimate of drug-likeness (QED) is 0.254. The van der Waals surface area contributed by atoms with Gasteiger partial charge in [-0.3, -0.25) is 19.7 Å². The lowest BCUT2D eigenvalue weighted by atomic mass is 10.1. The van der Waals surface area contributed by atoms with Crippen molar-refractivity contribution in [2.75, 3.05) is 4.90 Å². The molecular formula is C22H13ClN2O6. The number of fused-ring (bicyclic) bond motifs is 1. The zero-order valence-electron chi connectivity index (χ0n) is 15.8. The number of halogens is 1. The largest absolute Gasteiger partial charge is 0.457 e. The van der Waals surface area contributed by atoms with Gasteiger partial charge in [-0.25, -0.2) is 9.69 Å². The van der Waals surface area contributed by atoms with Crippen LogP contribution in [0.15, 0.2) is 66.7 Å². The van der Waals surface area contributed by atoms with Crippen molar-refractivity contribution in [2.45, 2.75) is 6.61 Å². The number of hydrogen-bond donors (Lipinski definition) is 0. The molecule has 1 aliphatic heterocycles. The molecule has 2 amide bonds. The Kier molecular flexibility index (Phi) is 5.22. The molecule has 8 nitrogen and oxygen atoms in total.